The van der Waals surface area contributed by atoms with Crippen molar-refractivity contribution in [3.63, 3.8) is 0 Å². The fourth-order valence-electron chi connectivity index (χ4n) is 2.67. The minimum Gasteiger partial charge on any atom is -0.300 e. The fraction of sp³-hybridized carbons (Fsp3) is 0.526. The van der Waals surface area contributed by atoms with Gasteiger partial charge in [0.2, 0.25) is 21.1 Å². The maximum absolute atomic E-state index is 12.4. The Morgan fingerprint density at radius 2 is 1.96 bits per heavy atom. The molecular weight excluding hydrogens is 396 g/mol. The highest BCUT2D eigenvalue weighted by Gasteiger charge is 2.21. The maximum Gasteiger partial charge on any atom is 0.227 e. The molecule has 1 aromatic carbocycles. The van der Waals surface area contributed by atoms with E-state index in [1.807, 2.05) is 45.0 Å². The van der Waals surface area contributed by atoms with E-state index in [0.29, 0.717) is 24.5 Å². The molecule has 2 aromatic rings. The molecule has 0 aliphatic heterocycles. The lowest BCUT2D eigenvalue weighted by atomic mass is 10.1. The van der Waals surface area contributed by atoms with Gasteiger partial charge >= 0.3 is 0 Å². The molecule has 0 radical (unpaired) electrons. The minimum absolute atomic E-state index is 0.0880. The Labute approximate surface area is 171 Å². The number of carbonyl (C=O) groups excluding carboxylic acids is 1. The van der Waals surface area contributed by atoms with Crippen LogP contribution in [0.3, 0.4) is 0 Å². The molecule has 7 nitrogen and oxygen atoms in total. The van der Waals surface area contributed by atoms with Crippen molar-refractivity contribution in [2.24, 2.45) is 0 Å². The number of rotatable bonds is 11. The summed E-state index contributed by atoms with van der Waals surface area (Å²) in [5.41, 5.74) is 2.08. The molecule has 0 atom stereocenters. The topological polar surface area (TPSA) is 92.3 Å². The van der Waals surface area contributed by atoms with E-state index < -0.39 is 10.0 Å². The first-order valence-corrected chi connectivity index (χ1v) is 12.0. The van der Waals surface area contributed by atoms with E-state index in [2.05, 4.69) is 15.5 Å². The molecule has 0 saturated carbocycles. The average Bonchev–Trinajstić information content (AvgIpc) is 3.11. The number of sulfonamides is 1. The van der Waals surface area contributed by atoms with E-state index >= 15 is 0 Å². The second kappa shape index (κ2) is 10.6. The van der Waals surface area contributed by atoms with Crippen molar-refractivity contribution in [1.29, 1.82) is 0 Å². The van der Waals surface area contributed by atoms with Crippen LogP contribution in [0.4, 0.5) is 5.13 Å². The lowest BCUT2D eigenvalue weighted by Crippen LogP contribution is -2.36. The summed E-state index contributed by atoms with van der Waals surface area (Å²) < 4.78 is 26.2. The van der Waals surface area contributed by atoms with E-state index in [-0.39, 0.29) is 24.6 Å². The zero-order valence-electron chi connectivity index (χ0n) is 16.6. The lowest BCUT2D eigenvalue weighted by Gasteiger charge is -2.21. The summed E-state index contributed by atoms with van der Waals surface area (Å²) in [4.78, 5) is 12.3. The van der Waals surface area contributed by atoms with Gasteiger partial charge in [0.25, 0.3) is 0 Å². The lowest BCUT2D eigenvalue weighted by molar-refractivity contribution is -0.116. The Balaban J connectivity index is 1.94. The van der Waals surface area contributed by atoms with Crippen LogP contribution < -0.4 is 5.32 Å². The Hall–Kier alpha value is -1.84. The van der Waals surface area contributed by atoms with Crippen LogP contribution in [0.25, 0.3) is 10.6 Å². The largest absolute Gasteiger partial charge is 0.300 e. The number of nitrogens with one attached hydrogen (secondary N) is 1. The van der Waals surface area contributed by atoms with Crippen LogP contribution in [0.15, 0.2) is 24.3 Å². The van der Waals surface area contributed by atoms with Crippen LogP contribution in [-0.2, 0) is 14.8 Å². The number of nitrogens with zero attached hydrogens (tertiary/aromatic N) is 3. The zero-order valence-corrected chi connectivity index (χ0v) is 18.3. The normalized spacial score (nSPS) is 11.7. The number of benzene rings is 1. The molecule has 0 spiro atoms. The highest BCUT2D eigenvalue weighted by Crippen LogP contribution is 2.26. The average molecular weight is 425 g/mol. The number of amides is 1. The Kier molecular flexibility index (Phi) is 8.53. The van der Waals surface area contributed by atoms with Crippen LogP contribution in [-0.4, -0.2) is 47.7 Å². The van der Waals surface area contributed by atoms with Crippen molar-refractivity contribution in [3.05, 3.63) is 29.8 Å². The molecule has 0 aliphatic carbocycles. The fourth-order valence-corrected chi connectivity index (χ4v) is 5.17. The standard InChI is InChI=1S/C19H28N4O3S2/c1-4-6-13-28(25,26)23(11-5-2)12-10-17(24)20-19-22-21-18(27-19)16-9-7-8-15(3)14-16/h7-9,14H,4-6,10-13H2,1-3H3,(H,20,22,24). The number of hydrogen-bond donors (Lipinski definition) is 1. The van der Waals surface area contributed by atoms with Crippen molar-refractivity contribution in [2.45, 2.75) is 46.5 Å². The van der Waals surface area contributed by atoms with Crippen molar-refractivity contribution >= 4 is 32.4 Å². The summed E-state index contributed by atoms with van der Waals surface area (Å²) in [6, 6.07) is 7.91. The summed E-state index contributed by atoms with van der Waals surface area (Å²) in [7, 11) is -3.32. The maximum atomic E-state index is 12.4. The third-order valence-electron chi connectivity index (χ3n) is 4.15. The number of anilines is 1. The van der Waals surface area contributed by atoms with Gasteiger partial charge in [0.05, 0.1) is 5.75 Å². The molecule has 1 aromatic heterocycles. The van der Waals surface area contributed by atoms with Gasteiger partial charge in [-0.2, -0.15) is 0 Å². The highest BCUT2D eigenvalue weighted by molar-refractivity contribution is 7.89. The Bertz CT molecular complexity index is 881. The molecular formula is C19H28N4O3S2. The van der Waals surface area contributed by atoms with Crippen LogP contribution in [0.5, 0.6) is 0 Å². The van der Waals surface area contributed by atoms with Crippen molar-refractivity contribution in [1.82, 2.24) is 14.5 Å². The zero-order chi connectivity index (χ0) is 20.6. The molecule has 0 fully saturated rings. The van der Waals surface area contributed by atoms with Crippen molar-refractivity contribution < 1.29 is 13.2 Å². The van der Waals surface area contributed by atoms with E-state index in [1.54, 1.807) is 0 Å². The van der Waals surface area contributed by atoms with Crippen LogP contribution >= 0.6 is 11.3 Å². The Morgan fingerprint density at radius 1 is 1.18 bits per heavy atom. The Morgan fingerprint density at radius 3 is 2.64 bits per heavy atom. The van der Waals surface area contributed by atoms with Gasteiger partial charge in [-0.1, -0.05) is 55.4 Å². The van der Waals surface area contributed by atoms with Gasteiger partial charge in [0.15, 0.2) is 0 Å². The first kappa shape index (κ1) is 22.4. The number of hydrogen-bond acceptors (Lipinski definition) is 6. The number of carbonyl (C=O) groups is 1. The molecule has 0 saturated heterocycles. The molecule has 28 heavy (non-hydrogen) atoms. The minimum atomic E-state index is -3.32. The van der Waals surface area contributed by atoms with Gasteiger partial charge in [-0.15, -0.1) is 10.2 Å². The van der Waals surface area contributed by atoms with Crippen LogP contribution in [0.2, 0.25) is 0 Å². The van der Waals surface area contributed by atoms with Gasteiger partial charge < -0.3 is 5.32 Å². The second-order valence-corrected chi connectivity index (χ2v) is 9.71. The number of unbranched alkanes of at least 4 members (excludes halogenated alkanes) is 1. The molecule has 9 heteroatoms. The van der Waals surface area contributed by atoms with E-state index in [4.69, 9.17) is 0 Å². The molecule has 1 amide bonds. The predicted molar refractivity (Wildman–Crippen MR) is 114 cm³/mol. The van der Waals surface area contributed by atoms with E-state index in [0.717, 1.165) is 22.6 Å². The third kappa shape index (κ3) is 6.65. The van der Waals surface area contributed by atoms with E-state index in [9.17, 15) is 13.2 Å². The molecule has 1 N–H and O–H groups in total. The molecule has 154 valence electrons. The van der Waals surface area contributed by atoms with Gasteiger partial charge in [-0.05, 0) is 25.8 Å². The smallest absolute Gasteiger partial charge is 0.227 e. The van der Waals surface area contributed by atoms with Crippen molar-refractivity contribution in [3.8, 4) is 10.6 Å². The highest BCUT2D eigenvalue weighted by atomic mass is 32.2. The quantitative estimate of drug-likeness (QED) is 0.594. The first-order valence-electron chi connectivity index (χ1n) is 9.54. The van der Waals surface area contributed by atoms with Gasteiger partial charge in [-0.3, -0.25) is 4.79 Å². The summed E-state index contributed by atoms with van der Waals surface area (Å²) in [5.74, 6) is -0.139. The van der Waals surface area contributed by atoms with Gasteiger partial charge in [-0.25, -0.2) is 12.7 Å². The molecule has 0 bridgehead atoms. The number of aromatic nitrogens is 2. The van der Waals surface area contributed by atoms with Crippen molar-refractivity contribution in [2.75, 3.05) is 24.2 Å². The summed E-state index contributed by atoms with van der Waals surface area (Å²) in [5, 5.41) is 12.0. The first-order chi connectivity index (χ1) is 13.4. The second-order valence-electron chi connectivity index (χ2n) is 6.65. The molecule has 1 heterocycles. The van der Waals surface area contributed by atoms with Gasteiger partial charge in [0.1, 0.15) is 5.01 Å². The summed E-state index contributed by atoms with van der Waals surface area (Å²) >= 11 is 1.30. The SMILES string of the molecule is CCCCS(=O)(=O)N(CCC)CCC(=O)Nc1nnc(-c2cccc(C)c2)s1. The molecule has 2 rings (SSSR count). The monoisotopic (exact) mass is 424 g/mol. The summed E-state index contributed by atoms with van der Waals surface area (Å²) in [6.45, 7) is 6.49. The summed E-state index contributed by atoms with van der Waals surface area (Å²) in [6.07, 6.45) is 2.25. The number of aryl methyl sites for hydroxylation is 1. The van der Waals surface area contributed by atoms with Crippen LogP contribution in [0.1, 0.15) is 45.1 Å². The molecule has 0 unspecified atom stereocenters. The van der Waals surface area contributed by atoms with Gasteiger partial charge in [0, 0.05) is 25.1 Å². The van der Waals surface area contributed by atoms with E-state index in [1.165, 1.54) is 15.6 Å². The van der Waals surface area contributed by atoms with Crippen LogP contribution in [0, 0.1) is 6.92 Å². The predicted octanol–water partition coefficient (Wildman–Crippen LogP) is 3.68. The third-order valence-corrected chi connectivity index (χ3v) is 6.99. The molecule has 0 aliphatic rings.